The van der Waals surface area contributed by atoms with Crippen LogP contribution in [0.4, 0.5) is 4.79 Å². The maximum Gasteiger partial charge on any atom is 0.421 e. The Morgan fingerprint density at radius 2 is 1.62 bits per heavy atom. The van der Waals surface area contributed by atoms with Gasteiger partial charge in [0.1, 0.15) is 6.04 Å². The molecule has 0 aliphatic carbocycles. The average molecular weight is 570 g/mol. The van der Waals surface area contributed by atoms with Crippen LogP contribution in [0.5, 0.6) is 0 Å². The van der Waals surface area contributed by atoms with Gasteiger partial charge in [-0.1, -0.05) is 52.8 Å². The van der Waals surface area contributed by atoms with Crippen molar-refractivity contribution in [1.82, 2.24) is 9.96 Å². The van der Waals surface area contributed by atoms with Gasteiger partial charge in [-0.3, -0.25) is 4.79 Å². The second kappa shape index (κ2) is 12.6. The number of nitrogens with two attached hydrogens (primary N) is 1. The summed E-state index contributed by atoms with van der Waals surface area (Å²) >= 11 is 0. The summed E-state index contributed by atoms with van der Waals surface area (Å²) in [5.74, 6) is -1.08. The van der Waals surface area contributed by atoms with Crippen LogP contribution in [0, 0.1) is 24.7 Å². The van der Waals surface area contributed by atoms with E-state index in [1.165, 1.54) is 7.05 Å². The number of nitrogens with zero attached hydrogens (tertiary/aromatic N) is 2. The fourth-order valence-electron chi connectivity index (χ4n) is 5.12. The molecule has 12 heteroatoms. The van der Waals surface area contributed by atoms with Crippen molar-refractivity contribution in [2.45, 2.75) is 86.2 Å². The lowest BCUT2D eigenvalue weighted by molar-refractivity contribution is -0.122. The number of hydrogen-bond donors (Lipinski definition) is 1. The first-order chi connectivity index (χ1) is 17.9. The van der Waals surface area contributed by atoms with E-state index in [9.17, 15) is 22.8 Å². The first-order valence-electron chi connectivity index (χ1n) is 13.1. The molecule has 0 saturated carbocycles. The Hall–Kier alpha value is -2.70. The molecule has 1 aliphatic heterocycles. The van der Waals surface area contributed by atoms with Crippen molar-refractivity contribution in [3.8, 4) is 0 Å². The van der Waals surface area contributed by atoms with Gasteiger partial charge in [0.25, 0.3) is 0 Å². The highest BCUT2D eigenvalue weighted by Crippen LogP contribution is 2.35. The number of primary amides is 1. The molecule has 2 N–H and O–H groups in total. The van der Waals surface area contributed by atoms with Gasteiger partial charge >= 0.3 is 22.4 Å². The molecular weight excluding hydrogens is 526 g/mol. The SMILES string of the molecule is CC[C@H]1CC[C@@H](C(N)=O)N(C)C(=O)N1OS(=O)(=O)OCC(C)(C)CC(C)(C)COC(=O)c1c(C)cccc1C. The second-order valence-electron chi connectivity index (χ2n) is 11.9. The summed E-state index contributed by atoms with van der Waals surface area (Å²) in [7, 11) is -3.24. The monoisotopic (exact) mass is 569 g/mol. The van der Waals surface area contributed by atoms with Gasteiger partial charge in [0.15, 0.2) is 0 Å². The molecule has 1 aliphatic rings. The quantitative estimate of drug-likeness (QED) is 0.373. The number of carbonyl (C=O) groups excluding carboxylic acids is 3. The van der Waals surface area contributed by atoms with Gasteiger partial charge in [-0.25, -0.2) is 13.8 Å². The summed E-state index contributed by atoms with van der Waals surface area (Å²) < 4.78 is 41.5. The molecule has 220 valence electrons. The largest absolute Gasteiger partial charge is 0.462 e. The van der Waals surface area contributed by atoms with Crippen LogP contribution in [-0.4, -0.2) is 68.6 Å². The molecule has 39 heavy (non-hydrogen) atoms. The lowest BCUT2D eigenvalue weighted by Gasteiger charge is -2.34. The van der Waals surface area contributed by atoms with E-state index < -0.39 is 51.2 Å². The van der Waals surface area contributed by atoms with Gasteiger partial charge in [0.05, 0.1) is 24.8 Å². The fourth-order valence-corrected chi connectivity index (χ4v) is 6.01. The zero-order chi connectivity index (χ0) is 29.8. The highest BCUT2D eigenvalue weighted by molar-refractivity contribution is 7.81. The van der Waals surface area contributed by atoms with E-state index in [0.717, 1.165) is 21.1 Å². The maximum absolute atomic E-state index is 12.9. The third kappa shape index (κ3) is 8.91. The number of likely N-dealkylation sites (N-methyl/N-ethyl adjacent to an activating group) is 1. The number of benzene rings is 1. The Kier molecular flexibility index (Phi) is 10.5. The second-order valence-corrected chi connectivity index (χ2v) is 13.1. The van der Waals surface area contributed by atoms with Crippen LogP contribution in [0.2, 0.25) is 0 Å². The Morgan fingerprint density at radius 3 is 2.15 bits per heavy atom. The number of esters is 1. The highest BCUT2D eigenvalue weighted by Gasteiger charge is 2.40. The van der Waals surface area contributed by atoms with Crippen LogP contribution >= 0.6 is 0 Å². The zero-order valence-corrected chi connectivity index (χ0v) is 25.1. The van der Waals surface area contributed by atoms with E-state index in [1.807, 2.05) is 59.7 Å². The molecule has 0 aromatic heterocycles. The van der Waals surface area contributed by atoms with Crippen LogP contribution in [0.3, 0.4) is 0 Å². The van der Waals surface area contributed by atoms with E-state index in [1.54, 1.807) is 6.92 Å². The normalized spacial score (nSPS) is 19.1. The molecule has 0 bridgehead atoms. The smallest absolute Gasteiger partial charge is 0.421 e. The van der Waals surface area contributed by atoms with Gasteiger partial charge in [-0.2, -0.15) is 13.5 Å². The van der Waals surface area contributed by atoms with Crippen LogP contribution in [0.1, 0.15) is 81.8 Å². The number of amides is 3. The van der Waals surface area contributed by atoms with Crippen LogP contribution in [0.15, 0.2) is 18.2 Å². The van der Waals surface area contributed by atoms with Gasteiger partial charge in [-0.05, 0) is 61.5 Å². The van der Waals surface area contributed by atoms with E-state index in [0.29, 0.717) is 24.8 Å². The molecule has 11 nitrogen and oxygen atoms in total. The number of aryl methyl sites for hydroxylation is 2. The standard InChI is InChI=1S/C27H43N3O8S/c1-9-20-13-14-21(23(28)31)29(8)25(33)30(20)38-39(34,35)37-17-27(6,7)15-26(4,5)16-36-24(32)22-18(2)11-10-12-19(22)3/h10-12,20-21H,9,13-17H2,1-8H3,(H2,28,31)/t20-,21-/m0/s1. The summed E-state index contributed by atoms with van der Waals surface area (Å²) in [6.45, 7) is 12.9. The van der Waals surface area contributed by atoms with Crippen LogP contribution in [0.25, 0.3) is 0 Å². The minimum Gasteiger partial charge on any atom is -0.462 e. The minimum absolute atomic E-state index is 0.125. The number of urea groups is 1. The molecule has 1 aromatic rings. The molecule has 1 saturated heterocycles. The topological polar surface area (TPSA) is 146 Å². The van der Waals surface area contributed by atoms with Crippen molar-refractivity contribution >= 4 is 28.3 Å². The number of hydrogen-bond acceptors (Lipinski definition) is 8. The third-order valence-corrected chi connectivity index (χ3v) is 7.61. The van der Waals surface area contributed by atoms with E-state index in [2.05, 4.69) is 0 Å². The number of rotatable bonds is 12. The molecule has 1 fully saturated rings. The summed E-state index contributed by atoms with van der Waals surface area (Å²) in [5, 5.41) is 0.752. The Labute approximate surface area is 232 Å². The molecule has 0 radical (unpaired) electrons. The molecule has 2 rings (SSSR count). The van der Waals surface area contributed by atoms with Gasteiger partial charge < -0.3 is 15.4 Å². The number of hydroxylamine groups is 2. The number of carbonyl (C=O) groups is 3. The fraction of sp³-hybridized carbons (Fsp3) is 0.667. The van der Waals surface area contributed by atoms with Gasteiger partial charge in [0.2, 0.25) is 5.91 Å². The molecule has 0 spiro atoms. The summed E-state index contributed by atoms with van der Waals surface area (Å²) in [6, 6.07) is 3.35. The Morgan fingerprint density at radius 1 is 1.05 bits per heavy atom. The summed E-state index contributed by atoms with van der Waals surface area (Å²) in [6.07, 6.45) is 1.48. The molecule has 3 amide bonds. The Bertz CT molecular complexity index is 1150. The molecule has 2 atom stereocenters. The van der Waals surface area contributed by atoms with E-state index in [-0.39, 0.29) is 19.6 Å². The molecule has 0 unspecified atom stereocenters. The summed E-state index contributed by atoms with van der Waals surface area (Å²) in [4.78, 5) is 38.5. The van der Waals surface area contributed by atoms with Crippen molar-refractivity contribution in [3.05, 3.63) is 34.9 Å². The van der Waals surface area contributed by atoms with E-state index >= 15 is 0 Å². The zero-order valence-electron chi connectivity index (χ0n) is 24.3. The molecular formula is C27H43N3O8S. The lowest BCUT2D eigenvalue weighted by atomic mass is 9.76. The third-order valence-electron chi connectivity index (χ3n) is 6.86. The predicted molar refractivity (Wildman–Crippen MR) is 146 cm³/mol. The maximum atomic E-state index is 12.9. The van der Waals surface area contributed by atoms with E-state index in [4.69, 9.17) is 18.9 Å². The predicted octanol–water partition coefficient (Wildman–Crippen LogP) is 3.88. The first-order valence-corrected chi connectivity index (χ1v) is 14.4. The van der Waals surface area contributed by atoms with Crippen molar-refractivity contribution in [1.29, 1.82) is 0 Å². The highest BCUT2D eigenvalue weighted by atomic mass is 32.3. The summed E-state index contributed by atoms with van der Waals surface area (Å²) in [5.41, 5.74) is 6.47. The molecule has 1 heterocycles. The van der Waals surface area contributed by atoms with Crippen molar-refractivity contribution in [3.63, 3.8) is 0 Å². The average Bonchev–Trinajstić information content (AvgIpc) is 2.92. The van der Waals surface area contributed by atoms with Crippen LogP contribution in [-0.2, 0) is 28.4 Å². The molecule has 1 aromatic carbocycles. The first kappa shape index (κ1) is 32.5. The van der Waals surface area contributed by atoms with Gasteiger partial charge in [-0.15, -0.1) is 4.28 Å². The minimum atomic E-state index is -4.62. The van der Waals surface area contributed by atoms with Crippen molar-refractivity contribution in [2.75, 3.05) is 20.3 Å². The van der Waals surface area contributed by atoms with Crippen molar-refractivity contribution in [2.24, 2.45) is 16.6 Å². The lowest BCUT2D eigenvalue weighted by Crippen LogP contribution is -2.50. The Balaban J connectivity index is 2.02. The van der Waals surface area contributed by atoms with Crippen LogP contribution < -0.4 is 5.73 Å². The van der Waals surface area contributed by atoms with Crippen molar-refractivity contribution < 1.29 is 36.0 Å². The number of ether oxygens (including phenoxy) is 1. The van der Waals surface area contributed by atoms with Gasteiger partial charge in [0, 0.05) is 7.05 Å².